The first-order valence-electron chi connectivity index (χ1n) is 6.61. The van der Waals surface area contributed by atoms with Gasteiger partial charge in [-0.25, -0.2) is 0 Å². The summed E-state index contributed by atoms with van der Waals surface area (Å²) in [6.07, 6.45) is 4.90. The average molecular weight is 233 g/mol. The van der Waals surface area contributed by atoms with Crippen LogP contribution in [0.25, 0.3) is 0 Å². The van der Waals surface area contributed by atoms with Gasteiger partial charge in [0.15, 0.2) is 5.78 Å². The third-order valence-electron chi connectivity index (χ3n) is 4.15. The van der Waals surface area contributed by atoms with Crippen molar-refractivity contribution in [3.8, 4) is 0 Å². The summed E-state index contributed by atoms with van der Waals surface area (Å²) in [7, 11) is 0. The van der Waals surface area contributed by atoms with E-state index in [2.05, 4.69) is 38.5 Å². The topological polar surface area (TPSA) is 22.0 Å². The molecular formula is C15H23NO. The van der Waals surface area contributed by atoms with Gasteiger partial charge in [-0.05, 0) is 30.2 Å². The highest BCUT2D eigenvalue weighted by molar-refractivity contribution is 5.98. The van der Waals surface area contributed by atoms with Gasteiger partial charge in [-0.2, -0.15) is 0 Å². The van der Waals surface area contributed by atoms with Crippen LogP contribution in [0.3, 0.4) is 0 Å². The summed E-state index contributed by atoms with van der Waals surface area (Å²) in [4.78, 5) is 11.8. The molecule has 1 aliphatic carbocycles. The van der Waals surface area contributed by atoms with Crippen molar-refractivity contribution in [1.82, 2.24) is 4.57 Å². The number of carbonyl (C=O) groups is 1. The number of carbonyl (C=O) groups excluding carboxylic acids is 1. The van der Waals surface area contributed by atoms with Crippen LogP contribution in [-0.4, -0.2) is 10.4 Å². The number of hydrogen-bond donors (Lipinski definition) is 0. The van der Waals surface area contributed by atoms with Crippen LogP contribution in [0.4, 0.5) is 0 Å². The Balaban J connectivity index is 2.21. The van der Waals surface area contributed by atoms with Gasteiger partial charge < -0.3 is 4.57 Å². The first-order valence-corrected chi connectivity index (χ1v) is 6.61. The summed E-state index contributed by atoms with van der Waals surface area (Å²) in [6.45, 7) is 10.1. The summed E-state index contributed by atoms with van der Waals surface area (Å²) in [5.41, 5.74) is 2.55. The zero-order valence-electron chi connectivity index (χ0n) is 11.4. The third-order valence-corrected chi connectivity index (χ3v) is 4.15. The Morgan fingerprint density at radius 2 is 2.06 bits per heavy atom. The molecule has 2 rings (SSSR count). The highest BCUT2D eigenvalue weighted by Gasteiger charge is 2.24. The van der Waals surface area contributed by atoms with Crippen LogP contribution in [0.1, 0.15) is 56.6 Å². The molecule has 1 aliphatic rings. The summed E-state index contributed by atoms with van der Waals surface area (Å²) >= 11 is 0. The minimum absolute atomic E-state index is 0.315. The van der Waals surface area contributed by atoms with Crippen LogP contribution in [0, 0.1) is 11.3 Å². The maximum atomic E-state index is 11.8. The largest absolute Gasteiger partial charge is 0.350 e. The number of ketones is 1. The molecule has 0 spiro atoms. The van der Waals surface area contributed by atoms with Gasteiger partial charge in [-0.15, -0.1) is 0 Å². The standard InChI is InChI=1S/C15H23NO/c1-11(15(2,3)4)10-16-9-8-12-13(16)6-5-7-14(12)17/h8-9,11H,5-7,10H2,1-4H3. The molecule has 2 heteroatoms. The number of rotatable bonds is 2. The second kappa shape index (κ2) is 4.32. The van der Waals surface area contributed by atoms with Gasteiger partial charge in [0.05, 0.1) is 0 Å². The number of fused-ring (bicyclic) bond motifs is 1. The lowest BCUT2D eigenvalue weighted by Gasteiger charge is -2.28. The van der Waals surface area contributed by atoms with Gasteiger partial charge in [0.25, 0.3) is 0 Å². The fraction of sp³-hybridized carbons (Fsp3) is 0.667. The summed E-state index contributed by atoms with van der Waals surface area (Å²) in [5, 5.41) is 0. The molecule has 0 saturated carbocycles. The van der Waals surface area contributed by atoms with Gasteiger partial charge in [-0.3, -0.25) is 4.79 Å². The molecule has 1 atom stereocenters. The second-order valence-electron chi connectivity index (χ2n) is 6.37. The molecule has 1 aromatic heterocycles. The molecule has 0 bridgehead atoms. The number of hydrogen-bond acceptors (Lipinski definition) is 1. The zero-order valence-corrected chi connectivity index (χ0v) is 11.4. The summed E-state index contributed by atoms with van der Waals surface area (Å²) < 4.78 is 2.29. The second-order valence-corrected chi connectivity index (χ2v) is 6.37. The Morgan fingerprint density at radius 3 is 2.71 bits per heavy atom. The number of Topliss-reactive ketones (excluding diaryl/α,β-unsaturated/α-hetero) is 1. The van der Waals surface area contributed by atoms with E-state index in [9.17, 15) is 4.79 Å². The molecule has 0 saturated heterocycles. The van der Waals surface area contributed by atoms with Gasteiger partial charge >= 0.3 is 0 Å². The Bertz CT molecular complexity index is 423. The quantitative estimate of drug-likeness (QED) is 0.763. The highest BCUT2D eigenvalue weighted by atomic mass is 16.1. The van der Waals surface area contributed by atoms with Crippen LogP contribution in [0.15, 0.2) is 12.3 Å². The van der Waals surface area contributed by atoms with Crippen molar-refractivity contribution < 1.29 is 4.79 Å². The van der Waals surface area contributed by atoms with Gasteiger partial charge in [-0.1, -0.05) is 27.7 Å². The molecule has 0 N–H and O–H groups in total. The molecule has 1 aromatic rings. The van der Waals surface area contributed by atoms with Gasteiger partial charge in [0, 0.05) is 30.4 Å². The lowest BCUT2D eigenvalue weighted by atomic mass is 9.82. The minimum atomic E-state index is 0.315. The maximum absolute atomic E-state index is 11.8. The highest BCUT2D eigenvalue weighted by Crippen LogP contribution is 2.29. The first-order chi connectivity index (χ1) is 7.89. The molecule has 17 heavy (non-hydrogen) atoms. The molecule has 94 valence electrons. The van der Waals surface area contributed by atoms with Crippen molar-refractivity contribution in [3.05, 3.63) is 23.5 Å². The minimum Gasteiger partial charge on any atom is -0.350 e. The molecule has 0 fully saturated rings. The van der Waals surface area contributed by atoms with E-state index in [1.807, 2.05) is 6.07 Å². The molecule has 0 amide bonds. The fourth-order valence-electron chi connectivity index (χ4n) is 2.33. The molecule has 0 aromatic carbocycles. The lowest BCUT2D eigenvalue weighted by molar-refractivity contribution is 0.0971. The number of nitrogens with zero attached hydrogens (tertiary/aromatic N) is 1. The van der Waals surface area contributed by atoms with Crippen molar-refractivity contribution in [1.29, 1.82) is 0 Å². The SMILES string of the molecule is CC(Cn1ccc2c1CCCC2=O)C(C)(C)C. The lowest BCUT2D eigenvalue weighted by Crippen LogP contribution is -2.24. The maximum Gasteiger partial charge on any atom is 0.164 e. The van der Waals surface area contributed by atoms with Crippen LogP contribution < -0.4 is 0 Å². The average Bonchev–Trinajstić information content (AvgIpc) is 2.62. The third kappa shape index (κ3) is 2.46. The Kier molecular flexibility index (Phi) is 3.15. The van der Waals surface area contributed by atoms with Crippen molar-refractivity contribution in [2.75, 3.05) is 0 Å². The summed E-state index contributed by atoms with van der Waals surface area (Å²) in [5.74, 6) is 0.935. The molecule has 1 unspecified atom stereocenters. The molecular weight excluding hydrogens is 210 g/mol. The van der Waals surface area contributed by atoms with E-state index >= 15 is 0 Å². The summed E-state index contributed by atoms with van der Waals surface area (Å²) in [6, 6.07) is 2.01. The van der Waals surface area contributed by atoms with Crippen LogP contribution in [0.5, 0.6) is 0 Å². The first kappa shape index (κ1) is 12.4. The Labute approximate surface area is 104 Å². The van der Waals surface area contributed by atoms with Gasteiger partial charge in [0.1, 0.15) is 0 Å². The predicted octanol–water partition coefficient (Wildman–Crippen LogP) is 3.69. The van der Waals surface area contributed by atoms with E-state index < -0.39 is 0 Å². The Hall–Kier alpha value is -1.05. The predicted molar refractivity (Wildman–Crippen MR) is 70.3 cm³/mol. The fourth-order valence-corrected chi connectivity index (χ4v) is 2.33. The van der Waals surface area contributed by atoms with Crippen molar-refractivity contribution in [2.45, 2.75) is 53.5 Å². The normalized spacial score (nSPS) is 18.0. The molecule has 2 nitrogen and oxygen atoms in total. The monoisotopic (exact) mass is 233 g/mol. The Morgan fingerprint density at radius 1 is 1.35 bits per heavy atom. The van der Waals surface area contributed by atoms with E-state index in [0.29, 0.717) is 17.1 Å². The van der Waals surface area contributed by atoms with Crippen LogP contribution in [-0.2, 0) is 13.0 Å². The van der Waals surface area contributed by atoms with Crippen molar-refractivity contribution >= 4 is 5.78 Å². The van der Waals surface area contributed by atoms with Crippen LogP contribution in [0.2, 0.25) is 0 Å². The van der Waals surface area contributed by atoms with Crippen molar-refractivity contribution in [3.63, 3.8) is 0 Å². The van der Waals surface area contributed by atoms with E-state index in [1.165, 1.54) is 5.69 Å². The molecule has 1 heterocycles. The van der Waals surface area contributed by atoms with E-state index in [-0.39, 0.29) is 0 Å². The van der Waals surface area contributed by atoms with Crippen LogP contribution >= 0.6 is 0 Å². The molecule has 0 aliphatic heterocycles. The number of aromatic nitrogens is 1. The van der Waals surface area contributed by atoms with E-state index in [0.717, 1.165) is 31.4 Å². The smallest absolute Gasteiger partial charge is 0.164 e. The van der Waals surface area contributed by atoms with Gasteiger partial charge in [0.2, 0.25) is 0 Å². The van der Waals surface area contributed by atoms with E-state index in [4.69, 9.17) is 0 Å². The van der Waals surface area contributed by atoms with E-state index in [1.54, 1.807) is 0 Å². The zero-order chi connectivity index (χ0) is 12.6. The van der Waals surface area contributed by atoms with Crippen molar-refractivity contribution in [2.24, 2.45) is 11.3 Å². The molecule has 0 radical (unpaired) electrons.